The third kappa shape index (κ3) is 7.62. The van der Waals surface area contributed by atoms with E-state index in [2.05, 4.69) is 4.90 Å². The van der Waals surface area contributed by atoms with Crippen molar-refractivity contribution in [2.45, 2.75) is 32.6 Å². The van der Waals surface area contributed by atoms with Gasteiger partial charge in [-0.25, -0.2) is 9.59 Å². The first-order valence-corrected chi connectivity index (χ1v) is 6.96. The van der Waals surface area contributed by atoms with Crippen LogP contribution in [0.2, 0.25) is 0 Å². The average molecular weight is 269 g/mol. The van der Waals surface area contributed by atoms with Gasteiger partial charge < -0.3 is 9.47 Å². The number of hydrogen-bond acceptors (Lipinski definition) is 5. The minimum atomic E-state index is -0.505. The van der Waals surface area contributed by atoms with E-state index in [4.69, 9.17) is 9.47 Å². The van der Waals surface area contributed by atoms with Gasteiger partial charge in [0.05, 0.1) is 6.61 Å². The van der Waals surface area contributed by atoms with Crippen molar-refractivity contribution < 1.29 is 19.1 Å². The molecule has 5 nitrogen and oxygen atoms in total. The van der Waals surface area contributed by atoms with Crippen molar-refractivity contribution in [2.24, 2.45) is 0 Å². The molecule has 0 atom stereocenters. The standard InChI is InChI=1S/C14H23NO4/c1-2-11-18-13(16)6-7-14(17)19-12-10-15-8-4-3-5-9-15/h6-7H,2-5,8-12H2,1H3/b7-6+. The molecule has 1 fully saturated rings. The Morgan fingerprint density at radius 2 is 1.58 bits per heavy atom. The molecule has 0 amide bonds. The second-order valence-electron chi connectivity index (χ2n) is 4.57. The van der Waals surface area contributed by atoms with Crippen molar-refractivity contribution in [1.82, 2.24) is 4.90 Å². The van der Waals surface area contributed by atoms with Crippen molar-refractivity contribution in [3.63, 3.8) is 0 Å². The number of ether oxygens (including phenoxy) is 2. The number of likely N-dealkylation sites (tertiary alicyclic amines) is 1. The highest BCUT2D eigenvalue weighted by molar-refractivity contribution is 5.91. The van der Waals surface area contributed by atoms with Gasteiger partial charge in [0.25, 0.3) is 0 Å². The van der Waals surface area contributed by atoms with Gasteiger partial charge in [-0.2, -0.15) is 0 Å². The lowest BCUT2D eigenvalue weighted by atomic mass is 10.1. The normalized spacial score (nSPS) is 16.5. The highest BCUT2D eigenvalue weighted by Crippen LogP contribution is 2.07. The fourth-order valence-electron chi connectivity index (χ4n) is 1.89. The molecule has 0 unspecified atom stereocenters. The second kappa shape index (κ2) is 9.55. The van der Waals surface area contributed by atoms with Gasteiger partial charge in [0.15, 0.2) is 0 Å². The third-order valence-electron chi connectivity index (χ3n) is 2.90. The molecule has 1 saturated heterocycles. The fraction of sp³-hybridized carbons (Fsp3) is 0.714. The molecular formula is C14H23NO4. The summed E-state index contributed by atoms with van der Waals surface area (Å²) in [5.41, 5.74) is 0. The van der Waals surface area contributed by atoms with E-state index in [1.165, 1.54) is 19.3 Å². The average Bonchev–Trinajstić information content (AvgIpc) is 2.44. The predicted molar refractivity (Wildman–Crippen MR) is 71.6 cm³/mol. The zero-order valence-corrected chi connectivity index (χ0v) is 11.6. The number of carbonyl (C=O) groups is 2. The van der Waals surface area contributed by atoms with Crippen LogP contribution in [0.1, 0.15) is 32.6 Å². The predicted octanol–water partition coefficient (Wildman–Crippen LogP) is 1.52. The lowest BCUT2D eigenvalue weighted by Crippen LogP contribution is -2.33. The van der Waals surface area contributed by atoms with Gasteiger partial charge in [-0.1, -0.05) is 13.3 Å². The zero-order chi connectivity index (χ0) is 13.9. The van der Waals surface area contributed by atoms with Crippen LogP contribution in [0, 0.1) is 0 Å². The molecule has 0 bridgehead atoms. The SMILES string of the molecule is CCCOC(=O)/C=C/C(=O)OCCN1CCCCC1. The number of nitrogens with zero attached hydrogens (tertiary/aromatic N) is 1. The lowest BCUT2D eigenvalue weighted by Gasteiger charge is -2.25. The molecular weight excluding hydrogens is 246 g/mol. The van der Waals surface area contributed by atoms with Crippen LogP contribution in [0.4, 0.5) is 0 Å². The van der Waals surface area contributed by atoms with Crippen LogP contribution in [0.25, 0.3) is 0 Å². The van der Waals surface area contributed by atoms with Gasteiger partial charge in [0.1, 0.15) is 6.61 Å². The van der Waals surface area contributed by atoms with Crippen LogP contribution in [0.5, 0.6) is 0 Å². The Morgan fingerprint density at radius 1 is 1.00 bits per heavy atom. The molecule has 1 heterocycles. The number of hydrogen-bond donors (Lipinski definition) is 0. The Labute approximate surface area is 114 Å². The maximum Gasteiger partial charge on any atom is 0.331 e. The van der Waals surface area contributed by atoms with E-state index in [0.717, 1.165) is 38.2 Å². The Kier molecular flexibility index (Phi) is 7.89. The minimum absolute atomic E-state index is 0.368. The lowest BCUT2D eigenvalue weighted by molar-refractivity contribution is -0.140. The maximum atomic E-state index is 11.3. The van der Waals surface area contributed by atoms with E-state index in [-0.39, 0.29) is 0 Å². The van der Waals surface area contributed by atoms with E-state index in [9.17, 15) is 9.59 Å². The van der Waals surface area contributed by atoms with Crippen molar-refractivity contribution in [3.8, 4) is 0 Å². The summed E-state index contributed by atoms with van der Waals surface area (Å²) in [5, 5.41) is 0. The van der Waals surface area contributed by atoms with Crippen LogP contribution in [0.3, 0.4) is 0 Å². The Balaban J connectivity index is 2.09. The molecule has 0 aromatic rings. The molecule has 1 aliphatic heterocycles. The molecule has 1 rings (SSSR count). The minimum Gasteiger partial charge on any atom is -0.463 e. The monoisotopic (exact) mass is 269 g/mol. The molecule has 5 heteroatoms. The molecule has 0 aromatic heterocycles. The van der Waals surface area contributed by atoms with Crippen LogP contribution >= 0.6 is 0 Å². The van der Waals surface area contributed by atoms with Crippen molar-refractivity contribution in [1.29, 1.82) is 0 Å². The summed E-state index contributed by atoms with van der Waals surface area (Å²) in [4.78, 5) is 24.7. The van der Waals surface area contributed by atoms with Gasteiger partial charge in [0, 0.05) is 18.7 Å². The first-order chi connectivity index (χ1) is 9.22. The molecule has 0 spiro atoms. The molecule has 0 aliphatic carbocycles. The molecule has 1 aliphatic rings. The fourth-order valence-corrected chi connectivity index (χ4v) is 1.89. The van der Waals surface area contributed by atoms with Gasteiger partial charge >= 0.3 is 11.9 Å². The Morgan fingerprint density at radius 3 is 2.16 bits per heavy atom. The second-order valence-corrected chi connectivity index (χ2v) is 4.57. The molecule has 0 radical (unpaired) electrons. The molecule has 19 heavy (non-hydrogen) atoms. The summed E-state index contributed by atoms with van der Waals surface area (Å²) < 4.78 is 9.82. The van der Waals surface area contributed by atoms with E-state index in [0.29, 0.717) is 13.2 Å². The highest BCUT2D eigenvalue weighted by Gasteiger charge is 2.10. The highest BCUT2D eigenvalue weighted by atomic mass is 16.5. The third-order valence-corrected chi connectivity index (χ3v) is 2.90. The first-order valence-electron chi connectivity index (χ1n) is 6.96. The quantitative estimate of drug-likeness (QED) is 0.518. The van der Waals surface area contributed by atoms with Crippen LogP contribution < -0.4 is 0 Å². The Hall–Kier alpha value is -1.36. The van der Waals surface area contributed by atoms with Crippen LogP contribution in [-0.4, -0.2) is 49.7 Å². The van der Waals surface area contributed by atoms with Gasteiger partial charge in [-0.05, 0) is 32.4 Å². The molecule has 0 aromatic carbocycles. The number of piperidine rings is 1. The molecule has 0 N–H and O–H groups in total. The summed E-state index contributed by atoms with van der Waals surface area (Å²) in [6.45, 7) is 5.57. The van der Waals surface area contributed by atoms with Gasteiger partial charge in [-0.15, -0.1) is 0 Å². The van der Waals surface area contributed by atoms with Crippen LogP contribution in [0.15, 0.2) is 12.2 Å². The Bertz CT molecular complexity index is 309. The van der Waals surface area contributed by atoms with Crippen LogP contribution in [-0.2, 0) is 19.1 Å². The summed E-state index contributed by atoms with van der Waals surface area (Å²) in [6, 6.07) is 0. The van der Waals surface area contributed by atoms with Gasteiger partial charge in [-0.3, -0.25) is 4.90 Å². The summed E-state index contributed by atoms with van der Waals surface area (Å²) in [7, 11) is 0. The largest absolute Gasteiger partial charge is 0.463 e. The number of rotatable bonds is 7. The van der Waals surface area contributed by atoms with E-state index in [1.807, 2.05) is 6.92 Å². The molecule has 108 valence electrons. The summed E-state index contributed by atoms with van der Waals surface area (Å²) in [6.07, 6.45) is 6.72. The zero-order valence-electron chi connectivity index (χ0n) is 11.6. The van der Waals surface area contributed by atoms with Crippen molar-refractivity contribution in [3.05, 3.63) is 12.2 Å². The number of carbonyl (C=O) groups excluding carboxylic acids is 2. The number of esters is 2. The van der Waals surface area contributed by atoms with Gasteiger partial charge in [0.2, 0.25) is 0 Å². The summed E-state index contributed by atoms with van der Waals surface area (Å²) >= 11 is 0. The van der Waals surface area contributed by atoms with E-state index in [1.54, 1.807) is 0 Å². The van der Waals surface area contributed by atoms with Crippen molar-refractivity contribution in [2.75, 3.05) is 32.8 Å². The van der Waals surface area contributed by atoms with Crippen molar-refractivity contribution >= 4 is 11.9 Å². The molecule has 0 saturated carbocycles. The maximum absolute atomic E-state index is 11.3. The smallest absolute Gasteiger partial charge is 0.331 e. The first kappa shape index (κ1) is 15.7. The van der Waals surface area contributed by atoms with E-state index < -0.39 is 11.9 Å². The van der Waals surface area contributed by atoms with E-state index >= 15 is 0 Å². The summed E-state index contributed by atoms with van der Waals surface area (Å²) in [5.74, 6) is -1.000. The topological polar surface area (TPSA) is 55.8 Å².